The highest BCUT2D eigenvalue weighted by atomic mass is 79.9. The van der Waals surface area contributed by atoms with Gasteiger partial charge in [0, 0.05) is 13.2 Å². The van der Waals surface area contributed by atoms with Crippen molar-refractivity contribution in [3.8, 4) is 0 Å². The van der Waals surface area contributed by atoms with E-state index >= 15 is 0 Å². The van der Waals surface area contributed by atoms with E-state index in [1.807, 2.05) is 6.20 Å². The van der Waals surface area contributed by atoms with Crippen molar-refractivity contribution < 1.29 is 4.74 Å². The predicted molar refractivity (Wildman–Crippen MR) is 80.2 cm³/mol. The molecule has 1 aromatic rings. The fraction of sp³-hybridized carbons (Fsp3) is 0.786. The zero-order valence-electron chi connectivity index (χ0n) is 12.1. The Morgan fingerprint density at radius 1 is 1.58 bits per heavy atom. The van der Waals surface area contributed by atoms with Crippen LogP contribution < -0.4 is 5.32 Å². The lowest BCUT2D eigenvalue weighted by Crippen LogP contribution is -2.42. The van der Waals surface area contributed by atoms with Crippen LogP contribution in [0.25, 0.3) is 0 Å². The minimum atomic E-state index is -0.135. The number of nitrogens with one attached hydrogen (secondary N) is 1. The van der Waals surface area contributed by atoms with Crippen LogP contribution in [0, 0.1) is 0 Å². The van der Waals surface area contributed by atoms with Crippen molar-refractivity contribution >= 4 is 15.9 Å². The van der Waals surface area contributed by atoms with Crippen LogP contribution >= 0.6 is 15.9 Å². The van der Waals surface area contributed by atoms with Crippen LogP contribution in [0.3, 0.4) is 0 Å². The van der Waals surface area contributed by atoms with E-state index < -0.39 is 0 Å². The van der Waals surface area contributed by atoms with Gasteiger partial charge in [0.15, 0.2) is 0 Å². The lowest BCUT2D eigenvalue weighted by molar-refractivity contribution is -0.0146. The molecule has 1 N–H and O–H groups in total. The van der Waals surface area contributed by atoms with Crippen molar-refractivity contribution in [3.63, 3.8) is 0 Å². The number of ether oxygens (including phenoxy) is 1. The van der Waals surface area contributed by atoms with E-state index in [1.54, 1.807) is 0 Å². The standard InChI is InChI=1S/C14H24BrN3O/c1-4-8-18-12(11(15)10-17-18)13(16-5-2)14(3)7-6-9-19-14/h10,13,16H,4-9H2,1-3H3. The molecule has 0 amide bonds. The van der Waals surface area contributed by atoms with E-state index in [2.05, 4.69) is 51.8 Å². The highest BCUT2D eigenvalue weighted by Crippen LogP contribution is 2.39. The topological polar surface area (TPSA) is 39.1 Å². The van der Waals surface area contributed by atoms with Crippen LogP contribution in [0.4, 0.5) is 0 Å². The third-order valence-electron chi connectivity index (χ3n) is 3.81. The van der Waals surface area contributed by atoms with Crippen LogP contribution in [0.2, 0.25) is 0 Å². The van der Waals surface area contributed by atoms with Crippen LogP contribution in [-0.2, 0) is 11.3 Å². The number of hydrogen-bond acceptors (Lipinski definition) is 3. The van der Waals surface area contributed by atoms with Gasteiger partial charge < -0.3 is 10.1 Å². The van der Waals surface area contributed by atoms with Gasteiger partial charge in [0.05, 0.1) is 28.0 Å². The molecule has 2 heterocycles. The van der Waals surface area contributed by atoms with E-state index in [1.165, 1.54) is 5.69 Å². The number of aryl methyl sites for hydroxylation is 1. The normalized spacial score (nSPS) is 24.8. The highest BCUT2D eigenvalue weighted by Gasteiger charge is 2.41. The quantitative estimate of drug-likeness (QED) is 0.870. The van der Waals surface area contributed by atoms with E-state index in [0.29, 0.717) is 0 Å². The fourth-order valence-corrected chi connectivity index (χ4v) is 3.41. The molecule has 0 aliphatic carbocycles. The lowest BCUT2D eigenvalue weighted by atomic mass is 9.90. The zero-order chi connectivity index (χ0) is 13.9. The van der Waals surface area contributed by atoms with Crippen LogP contribution in [-0.4, -0.2) is 28.5 Å². The first-order valence-corrected chi connectivity index (χ1v) is 8.00. The number of hydrogen-bond donors (Lipinski definition) is 1. The van der Waals surface area contributed by atoms with Gasteiger partial charge in [-0.25, -0.2) is 0 Å². The Labute approximate surface area is 124 Å². The Kier molecular flexibility index (Phi) is 5.03. The average Bonchev–Trinajstić information content (AvgIpc) is 2.96. The predicted octanol–water partition coefficient (Wildman–Crippen LogP) is 3.28. The highest BCUT2D eigenvalue weighted by molar-refractivity contribution is 9.10. The van der Waals surface area contributed by atoms with Gasteiger partial charge in [0.1, 0.15) is 0 Å². The molecule has 2 rings (SSSR count). The Morgan fingerprint density at radius 3 is 2.95 bits per heavy atom. The average molecular weight is 330 g/mol. The lowest BCUT2D eigenvalue weighted by Gasteiger charge is -2.34. The first-order chi connectivity index (χ1) is 9.12. The van der Waals surface area contributed by atoms with E-state index in [4.69, 9.17) is 4.74 Å². The SMILES string of the molecule is CCCn1ncc(Br)c1C(NCC)C1(C)CCCO1. The maximum atomic E-state index is 6.04. The second kappa shape index (κ2) is 6.37. The molecule has 0 radical (unpaired) electrons. The molecule has 108 valence electrons. The van der Waals surface area contributed by atoms with Gasteiger partial charge in [0.2, 0.25) is 0 Å². The van der Waals surface area contributed by atoms with E-state index in [-0.39, 0.29) is 11.6 Å². The van der Waals surface area contributed by atoms with Crippen molar-refractivity contribution in [2.24, 2.45) is 0 Å². The summed E-state index contributed by atoms with van der Waals surface area (Å²) in [6.45, 7) is 9.25. The van der Waals surface area contributed by atoms with Crippen molar-refractivity contribution in [2.75, 3.05) is 13.2 Å². The van der Waals surface area contributed by atoms with Crippen molar-refractivity contribution in [3.05, 3.63) is 16.4 Å². The maximum absolute atomic E-state index is 6.04. The van der Waals surface area contributed by atoms with Crippen LogP contribution in [0.5, 0.6) is 0 Å². The van der Waals surface area contributed by atoms with Gasteiger partial charge in [-0.2, -0.15) is 5.10 Å². The zero-order valence-corrected chi connectivity index (χ0v) is 13.7. The second-order valence-electron chi connectivity index (χ2n) is 5.36. The summed E-state index contributed by atoms with van der Waals surface area (Å²) in [7, 11) is 0. The number of aromatic nitrogens is 2. The van der Waals surface area contributed by atoms with Gasteiger partial charge in [-0.05, 0) is 48.7 Å². The third kappa shape index (κ3) is 3.03. The Balaban J connectivity index is 2.35. The van der Waals surface area contributed by atoms with Crippen LogP contribution in [0.15, 0.2) is 10.7 Å². The summed E-state index contributed by atoms with van der Waals surface area (Å²) in [5, 5.41) is 8.08. The summed E-state index contributed by atoms with van der Waals surface area (Å²) in [6.07, 6.45) is 5.21. The summed E-state index contributed by atoms with van der Waals surface area (Å²) in [6, 6.07) is 0.184. The minimum Gasteiger partial charge on any atom is -0.373 e. The maximum Gasteiger partial charge on any atom is 0.0864 e. The van der Waals surface area contributed by atoms with Crippen LogP contribution in [0.1, 0.15) is 51.8 Å². The van der Waals surface area contributed by atoms with Crippen molar-refractivity contribution in [1.29, 1.82) is 0 Å². The Hall–Kier alpha value is -0.390. The van der Waals surface area contributed by atoms with Gasteiger partial charge >= 0.3 is 0 Å². The summed E-state index contributed by atoms with van der Waals surface area (Å²) in [5.74, 6) is 0. The molecule has 1 fully saturated rings. The molecule has 1 aliphatic rings. The third-order valence-corrected chi connectivity index (χ3v) is 4.42. The molecular weight excluding hydrogens is 306 g/mol. The van der Waals surface area contributed by atoms with Crippen molar-refractivity contribution in [2.45, 2.75) is 58.2 Å². The molecule has 1 aliphatic heterocycles. The van der Waals surface area contributed by atoms with Gasteiger partial charge in [-0.15, -0.1) is 0 Å². The molecule has 1 aromatic heterocycles. The summed E-state index contributed by atoms with van der Waals surface area (Å²) in [5.41, 5.74) is 1.08. The van der Waals surface area contributed by atoms with Gasteiger partial charge in [-0.3, -0.25) is 4.68 Å². The van der Waals surface area contributed by atoms with E-state index in [0.717, 1.165) is 43.4 Å². The molecule has 0 bridgehead atoms. The minimum absolute atomic E-state index is 0.135. The first-order valence-electron chi connectivity index (χ1n) is 7.21. The van der Waals surface area contributed by atoms with Gasteiger partial charge in [0.25, 0.3) is 0 Å². The second-order valence-corrected chi connectivity index (χ2v) is 6.21. The largest absolute Gasteiger partial charge is 0.373 e. The van der Waals surface area contributed by atoms with E-state index in [9.17, 15) is 0 Å². The van der Waals surface area contributed by atoms with Gasteiger partial charge in [-0.1, -0.05) is 13.8 Å². The molecule has 2 atom stereocenters. The number of rotatable bonds is 6. The number of halogens is 1. The smallest absolute Gasteiger partial charge is 0.0864 e. The molecule has 0 aromatic carbocycles. The molecule has 2 unspecified atom stereocenters. The number of nitrogens with zero attached hydrogens (tertiary/aromatic N) is 2. The first kappa shape index (κ1) is 15.0. The molecule has 19 heavy (non-hydrogen) atoms. The summed E-state index contributed by atoms with van der Waals surface area (Å²) in [4.78, 5) is 0. The summed E-state index contributed by atoms with van der Waals surface area (Å²) < 4.78 is 9.22. The monoisotopic (exact) mass is 329 g/mol. The summed E-state index contributed by atoms with van der Waals surface area (Å²) >= 11 is 3.65. The molecule has 5 heteroatoms. The molecule has 0 spiro atoms. The Bertz CT molecular complexity index is 413. The fourth-order valence-electron chi connectivity index (χ4n) is 2.88. The molecule has 1 saturated heterocycles. The van der Waals surface area contributed by atoms with Crippen molar-refractivity contribution in [1.82, 2.24) is 15.1 Å². The number of likely N-dealkylation sites (N-methyl/N-ethyl adjacent to an activating group) is 1. The molecular formula is C14H24BrN3O. The molecule has 4 nitrogen and oxygen atoms in total. The Morgan fingerprint density at radius 2 is 2.37 bits per heavy atom. The molecule has 0 saturated carbocycles.